The van der Waals surface area contributed by atoms with Crippen molar-refractivity contribution in [2.75, 3.05) is 0 Å². The molecule has 0 aliphatic heterocycles. The van der Waals surface area contributed by atoms with Crippen molar-refractivity contribution in [2.45, 2.75) is 60.8 Å². The fourth-order valence-electron chi connectivity index (χ4n) is 2.48. The molecule has 0 heterocycles. The highest BCUT2D eigenvalue weighted by molar-refractivity contribution is 5.44. The van der Waals surface area contributed by atoms with Gasteiger partial charge in [-0.15, -0.1) is 0 Å². The standard InChI is InChI=1S/C21H30/c1-9-10-20(11-15(4)14(2)3)19(8)21-12-16(5)18(7)17(6)13-21/h10-13,19H,2,9H2,1,3-8H3/b15-11-,20-10+. The van der Waals surface area contributed by atoms with E-state index >= 15 is 0 Å². The number of hydrogen-bond acceptors (Lipinski definition) is 0. The zero-order valence-corrected chi connectivity index (χ0v) is 14.8. The fourth-order valence-corrected chi connectivity index (χ4v) is 2.48. The average Bonchev–Trinajstić information content (AvgIpc) is 2.42. The summed E-state index contributed by atoms with van der Waals surface area (Å²) in [4.78, 5) is 0. The molecule has 1 aromatic carbocycles. The van der Waals surface area contributed by atoms with Gasteiger partial charge in [0.25, 0.3) is 0 Å². The Hall–Kier alpha value is -1.56. The summed E-state index contributed by atoms with van der Waals surface area (Å²) in [6.07, 6.45) is 5.69. The first-order chi connectivity index (χ1) is 9.77. The van der Waals surface area contributed by atoms with Gasteiger partial charge < -0.3 is 0 Å². The quantitative estimate of drug-likeness (QED) is 0.535. The molecule has 0 aromatic heterocycles. The maximum atomic E-state index is 4.04. The fraction of sp³-hybridized carbons (Fsp3) is 0.429. The van der Waals surface area contributed by atoms with Gasteiger partial charge in [-0.25, -0.2) is 0 Å². The Labute approximate surface area is 131 Å². The van der Waals surface area contributed by atoms with Crippen molar-refractivity contribution in [1.29, 1.82) is 0 Å². The van der Waals surface area contributed by atoms with Gasteiger partial charge in [0.1, 0.15) is 0 Å². The van der Waals surface area contributed by atoms with Crippen LogP contribution in [0.5, 0.6) is 0 Å². The second-order valence-corrected chi connectivity index (χ2v) is 6.22. The largest absolute Gasteiger partial charge is 0.0958 e. The smallest absolute Gasteiger partial charge is 0.00581 e. The van der Waals surface area contributed by atoms with Gasteiger partial charge in [-0.3, -0.25) is 0 Å². The molecule has 0 fully saturated rings. The van der Waals surface area contributed by atoms with Crippen LogP contribution in [0.1, 0.15) is 62.3 Å². The number of hydrogen-bond donors (Lipinski definition) is 0. The van der Waals surface area contributed by atoms with E-state index in [1.54, 1.807) is 0 Å². The van der Waals surface area contributed by atoms with Crippen LogP contribution < -0.4 is 0 Å². The minimum absolute atomic E-state index is 0.414. The maximum Gasteiger partial charge on any atom is 0.00581 e. The van der Waals surface area contributed by atoms with Crippen molar-refractivity contribution in [1.82, 2.24) is 0 Å². The van der Waals surface area contributed by atoms with Crippen LogP contribution >= 0.6 is 0 Å². The van der Waals surface area contributed by atoms with Gasteiger partial charge in [-0.2, -0.15) is 0 Å². The predicted octanol–water partition coefficient (Wildman–Crippen LogP) is 6.57. The summed E-state index contributed by atoms with van der Waals surface area (Å²) in [7, 11) is 0. The summed E-state index contributed by atoms with van der Waals surface area (Å²) >= 11 is 0. The number of benzene rings is 1. The van der Waals surface area contributed by atoms with Gasteiger partial charge >= 0.3 is 0 Å². The lowest BCUT2D eigenvalue weighted by Gasteiger charge is -2.18. The number of allylic oxidation sites excluding steroid dienone is 5. The molecule has 0 spiro atoms. The molecule has 0 aliphatic rings. The molecule has 0 bridgehead atoms. The third kappa shape index (κ3) is 4.46. The highest BCUT2D eigenvalue weighted by atomic mass is 14.2. The molecular formula is C21H30. The minimum Gasteiger partial charge on any atom is -0.0958 e. The van der Waals surface area contributed by atoms with E-state index in [2.05, 4.69) is 79.3 Å². The lowest BCUT2D eigenvalue weighted by atomic mass is 9.87. The van der Waals surface area contributed by atoms with Crippen LogP contribution in [0.15, 0.2) is 47.6 Å². The molecule has 1 rings (SSSR count). The molecule has 0 aliphatic carbocycles. The molecular weight excluding hydrogens is 252 g/mol. The lowest BCUT2D eigenvalue weighted by Crippen LogP contribution is -2.00. The van der Waals surface area contributed by atoms with Crippen molar-refractivity contribution in [3.63, 3.8) is 0 Å². The number of aryl methyl sites for hydroxylation is 2. The van der Waals surface area contributed by atoms with Gasteiger partial charge in [-0.05, 0) is 74.4 Å². The molecule has 1 aromatic rings. The van der Waals surface area contributed by atoms with Crippen LogP contribution in [-0.2, 0) is 0 Å². The first kappa shape index (κ1) is 17.5. The van der Waals surface area contributed by atoms with Gasteiger partial charge in [0.15, 0.2) is 0 Å². The summed E-state index contributed by atoms with van der Waals surface area (Å²) < 4.78 is 0. The van der Waals surface area contributed by atoms with Crippen LogP contribution in [0.2, 0.25) is 0 Å². The third-order valence-corrected chi connectivity index (χ3v) is 4.45. The van der Waals surface area contributed by atoms with Crippen LogP contribution in [0, 0.1) is 20.8 Å². The van der Waals surface area contributed by atoms with Crippen molar-refractivity contribution < 1.29 is 0 Å². The van der Waals surface area contributed by atoms with Crippen molar-refractivity contribution in [2.24, 2.45) is 0 Å². The topological polar surface area (TPSA) is 0 Å². The Morgan fingerprint density at radius 2 is 1.67 bits per heavy atom. The van der Waals surface area contributed by atoms with Crippen molar-refractivity contribution >= 4 is 0 Å². The van der Waals surface area contributed by atoms with E-state index in [0.717, 1.165) is 12.0 Å². The summed E-state index contributed by atoms with van der Waals surface area (Å²) in [5.74, 6) is 0.414. The third-order valence-electron chi connectivity index (χ3n) is 4.45. The van der Waals surface area contributed by atoms with E-state index in [4.69, 9.17) is 0 Å². The Morgan fingerprint density at radius 3 is 2.10 bits per heavy atom. The van der Waals surface area contributed by atoms with Crippen molar-refractivity contribution in [3.8, 4) is 0 Å². The Morgan fingerprint density at radius 1 is 1.14 bits per heavy atom. The molecule has 1 unspecified atom stereocenters. The monoisotopic (exact) mass is 282 g/mol. The molecule has 0 saturated carbocycles. The van der Waals surface area contributed by atoms with Gasteiger partial charge in [0.05, 0.1) is 0 Å². The van der Waals surface area contributed by atoms with Crippen LogP contribution in [0.4, 0.5) is 0 Å². The zero-order valence-electron chi connectivity index (χ0n) is 14.8. The van der Waals surface area contributed by atoms with Crippen LogP contribution in [0.25, 0.3) is 0 Å². The molecule has 0 saturated heterocycles. The minimum atomic E-state index is 0.414. The number of rotatable bonds is 5. The molecule has 21 heavy (non-hydrogen) atoms. The van der Waals surface area contributed by atoms with E-state index in [-0.39, 0.29) is 0 Å². The SMILES string of the molecule is C=C(C)/C(C)=C\C(=C/CC)C(C)c1cc(C)c(C)c(C)c1. The Balaban J connectivity index is 3.25. The Kier molecular flexibility index (Phi) is 6.20. The summed E-state index contributed by atoms with van der Waals surface area (Å²) in [5, 5.41) is 0. The van der Waals surface area contributed by atoms with Crippen LogP contribution in [-0.4, -0.2) is 0 Å². The van der Waals surface area contributed by atoms with E-state index in [0.29, 0.717) is 5.92 Å². The van der Waals surface area contributed by atoms with Gasteiger partial charge in [0.2, 0.25) is 0 Å². The molecule has 0 radical (unpaired) electrons. The van der Waals surface area contributed by atoms with E-state index < -0.39 is 0 Å². The summed E-state index contributed by atoms with van der Waals surface area (Å²) in [6, 6.07) is 4.67. The molecule has 0 N–H and O–H groups in total. The van der Waals surface area contributed by atoms with Crippen LogP contribution in [0.3, 0.4) is 0 Å². The second-order valence-electron chi connectivity index (χ2n) is 6.22. The summed E-state index contributed by atoms with van der Waals surface area (Å²) in [6.45, 7) is 19.4. The maximum absolute atomic E-state index is 4.04. The zero-order chi connectivity index (χ0) is 16.2. The average molecular weight is 282 g/mol. The van der Waals surface area contributed by atoms with E-state index in [9.17, 15) is 0 Å². The van der Waals surface area contributed by atoms with E-state index in [1.807, 2.05) is 0 Å². The highest BCUT2D eigenvalue weighted by Gasteiger charge is 2.12. The lowest BCUT2D eigenvalue weighted by molar-refractivity contribution is 0.901. The molecule has 0 nitrogen and oxygen atoms in total. The molecule has 114 valence electrons. The highest BCUT2D eigenvalue weighted by Crippen LogP contribution is 2.29. The molecule has 1 atom stereocenters. The first-order valence-electron chi connectivity index (χ1n) is 7.89. The second kappa shape index (κ2) is 7.45. The van der Waals surface area contributed by atoms with E-state index in [1.165, 1.54) is 33.4 Å². The van der Waals surface area contributed by atoms with Crippen molar-refractivity contribution in [3.05, 3.63) is 69.8 Å². The summed E-state index contributed by atoms with van der Waals surface area (Å²) in [5.41, 5.74) is 9.37. The van der Waals surface area contributed by atoms with Gasteiger partial charge in [-0.1, -0.05) is 50.3 Å². The molecule has 0 amide bonds. The molecule has 0 heteroatoms. The first-order valence-corrected chi connectivity index (χ1v) is 7.89. The Bertz CT molecular complexity index is 559. The van der Waals surface area contributed by atoms with Gasteiger partial charge in [0, 0.05) is 5.92 Å². The predicted molar refractivity (Wildman–Crippen MR) is 96.0 cm³/mol. The normalized spacial score (nSPS) is 14.2.